The van der Waals surface area contributed by atoms with Gasteiger partial charge < -0.3 is 34.7 Å². The van der Waals surface area contributed by atoms with Gasteiger partial charge in [0, 0.05) is 17.5 Å². The molecule has 6 rings (SSSR count). The number of carboxylic acid groups (broad SMARTS) is 1. The Morgan fingerprint density at radius 1 is 0.493 bits per heavy atom. The van der Waals surface area contributed by atoms with Crippen molar-refractivity contribution < 1.29 is 52.8 Å². The molecule has 75 heavy (non-hydrogen) atoms. The molecule has 0 aromatic heterocycles. The predicted octanol–water partition coefficient (Wildman–Crippen LogP) is 12.0. The summed E-state index contributed by atoms with van der Waals surface area (Å²) in [6.45, 7) is 16.8. The maximum absolute atomic E-state index is 12.7. The predicted molar refractivity (Wildman–Crippen MR) is 293 cm³/mol. The molecule has 2 amide bonds. The number of nitrogens with one attached hydrogen (secondary N) is 2. The molecule has 0 spiro atoms. The van der Waals surface area contributed by atoms with E-state index in [1.54, 1.807) is 128 Å². The minimum absolute atomic E-state index is 0. The summed E-state index contributed by atoms with van der Waals surface area (Å²) >= 11 is 0. The molecule has 0 aliphatic heterocycles. The molecule has 0 radical (unpaired) electrons. The van der Waals surface area contributed by atoms with Gasteiger partial charge in [-0.15, -0.1) is 0 Å². The summed E-state index contributed by atoms with van der Waals surface area (Å²) < 4.78 is 21.6. The van der Waals surface area contributed by atoms with E-state index in [1.807, 2.05) is 24.3 Å². The number of benzene rings is 6. The molecule has 396 valence electrons. The van der Waals surface area contributed by atoms with Crippen LogP contribution >= 0.6 is 0 Å². The Labute approximate surface area is 442 Å². The van der Waals surface area contributed by atoms with Crippen molar-refractivity contribution in [3.05, 3.63) is 190 Å². The van der Waals surface area contributed by atoms with Gasteiger partial charge in [-0.3, -0.25) is 14.4 Å². The first-order chi connectivity index (χ1) is 35.1. The highest BCUT2D eigenvalue weighted by Crippen LogP contribution is 2.25. The van der Waals surface area contributed by atoms with Crippen LogP contribution < -0.4 is 29.6 Å². The van der Waals surface area contributed by atoms with E-state index in [4.69, 9.17) is 18.9 Å². The van der Waals surface area contributed by atoms with Crippen LogP contribution in [0.15, 0.2) is 146 Å². The lowest BCUT2D eigenvalue weighted by molar-refractivity contribution is -0.139. The Morgan fingerprint density at radius 3 is 1.21 bits per heavy atom. The number of unbranched alkanes of at least 4 members (excludes halogenated alkanes) is 2. The second-order valence-corrected chi connectivity index (χ2v) is 19.9. The number of Topliss-reactive ketones (excluding diaryl/α,β-unsaturated/α-hetero) is 1. The zero-order valence-electron chi connectivity index (χ0n) is 43.8. The number of carbonyl (C=O) groups is 6. The molecule has 0 saturated heterocycles. The van der Waals surface area contributed by atoms with Crippen LogP contribution in [0.4, 0.5) is 0 Å². The summed E-state index contributed by atoms with van der Waals surface area (Å²) in [4.78, 5) is 74.3. The molecule has 0 aliphatic rings. The van der Waals surface area contributed by atoms with Crippen LogP contribution in [0.5, 0.6) is 23.0 Å². The molecule has 0 saturated carbocycles. The van der Waals surface area contributed by atoms with Crippen LogP contribution in [0.2, 0.25) is 0 Å². The average molecular weight is 1020 g/mol. The number of hydrogen-bond donors (Lipinski definition) is 3. The Balaban J connectivity index is 0.000000322. The molecule has 6 aromatic rings. The lowest BCUT2D eigenvalue weighted by atomic mass is 9.86. The highest BCUT2D eigenvalue weighted by molar-refractivity contribution is 5.98. The summed E-state index contributed by atoms with van der Waals surface area (Å²) in [5.41, 5.74) is 5.36. The lowest BCUT2D eigenvalue weighted by Gasteiger charge is -2.20. The third kappa shape index (κ3) is 18.7. The van der Waals surface area contributed by atoms with Crippen LogP contribution in [0.1, 0.15) is 146 Å². The van der Waals surface area contributed by atoms with Crippen molar-refractivity contribution in [2.45, 2.75) is 118 Å². The van der Waals surface area contributed by atoms with Crippen molar-refractivity contribution in [1.82, 2.24) is 10.6 Å². The van der Waals surface area contributed by atoms with Crippen molar-refractivity contribution >= 4 is 35.5 Å². The van der Waals surface area contributed by atoms with Crippen LogP contribution in [0.25, 0.3) is 0 Å². The number of aliphatic carboxylic acids is 1. The minimum Gasteiger partial charge on any atom is -0.497 e. The van der Waals surface area contributed by atoms with Gasteiger partial charge in [0.05, 0.1) is 30.9 Å². The van der Waals surface area contributed by atoms with Gasteiger partial charge in [0.1, 0.15) is 29.0 Å². The van der Waals surface area contributed by atoms with Gasteiger partial charge in [-0.05, 0) is 150 Å². The number of methoxy groups -OCH3 is 1. The third-order valence-electron chi connectivity index (χ3n) is 12.0. The summed E-state index contributed by atoms with van der Waals surface area (Å²) in [5.74, 6) is -0.936. The summed E-state index contributed by atoms with van der Waals surface area (Å²) in [6, 6.07) is 39.7. The molecule has 0 unspecified atom stereocenters. The van der Waals surface area contributed by atoms with Crippen LogP contribution in [0.3, 0.4) is 0 Å². The highest BCUT2D eigenvalue weighted by Gasteiger charge is 2.23. The smallest absolute Gasteiger partial charge is 0.343 e. The quantitative estimate of drug-likeness (QED) is 0.0376. The van der Waals surface area contributed by atoms with Gasteiger partial charge in [-0.25, -0.2) is 14.4 Å². The molecule has 0 heterocycles. The molecule has 13 heteroatoms. The first kappa shape index (κ1) is 59.5. The van der Waals surface area contributed by atoms with Crippen LogP contribution in [0, 0.1) is 0 Å². The van der Waals surface area contributed by atoms with E-state index in [-0.39, 0.29) is 36.4 Å². The fraction of sp³-hybridized carbons (Fsp3) is 0.323. The first-order valence-electron chi connectivity index (χ1n) is 24.7. The second-order valence-electron chi connectivity index (χ2n) is 19.9. The van der Waals surface area contributed by atoms with E-state index in [0.717, 1.165) is 36.0 Å². The zero-order valence-corrected chi connectivity index (χ0v) is 43.8. The second kappa shape index (κ2) is 27.8. The number of esters is 2. The Kier molecular flexibility index (Phi) is 22.1. The maximum Gasteiger partial charge on any atom is 0.343 e. The van der Waals surface area contributed by atoms with Crippen molar-refractivity contribution in [2.75, 3.05) is 13.7 Å². The number of amides is 2. The highest BCUT2D eigenvalue weighted by atomic mass is 16.5. The van der Waals surface area contributed by atoms with E-state index in [1.165, 1.54) is 6.92 Å². The molecular formula is C62H72N2O11. The molecular weight excluding hydrogens is 949 g/mol. The van der Waals surface area contributed by atoms with Gasteiger partial charge in [0.15, 0.2) is 5.78 Å². The largest absolute Gasteiger partial charge is 0.497 e. The summed E-state index contributed by atoms with van der Waals surface area (Å²) in [6.07, 6.45) is 3.63. The normalized spacial score (nSPS) is 11.7. The molecule has 0 bridgehead atoms. The molecule has 2 atom stereocenters. The van der Waals surface area contributed by atoms with Crippen molar-refractivity contribution in [3.8, 4) is 23.0 Å². The van der Waals surface area contributed by atoms with E-state index < -0.39 is 35.9 Å². The van der Waals surface area contributed by atoms with Crippen molar-refractivity contribution in [3.63, 3.8) is 0 Å². The third-order valence-corrected chi connectivity index (χ3v) is 12.0. The SMILES string of the molecule is C.CCCCCOc1ccc(C(=O)Oc2ccc(C[C@H](NC(=O)c3ccc(C(C)(C)C)cc3)C(=O)O)cc2)cc1.COc1ccc(C(=O)Oc2ccc(C[C@H](NC(=O)c3ccc(C(C)(C)C)cc3)C(C)=O)cc2)cc1. The van der Waals surface area contributed by atoms with E-state index in [9.17, 15) is 33.9 Å². The molecule has 13 nitrogen and oxygen atoms in total. The first-order valence-corrected chi connectivity index (χ1v) is 24.7. The number of carbonyl (C=O) groups excluding carboxylic acids is 5. The molecule has 3 N–H and O–H groups in total. The zero-order chi connectivity index (χ0) is 54.0. The maximum atomic E-state index is 12.7. The molecule has 0 aliphatic carbocycles. The summed E-state index contributed by atoms with van der Waals surface area (Å²) in [5, 5.41) is 15.1. The standard InChI is InChI=1S/C32H37NO6.C29H31NO5.CH4/c1-5-6-7-20-38-26-18-12-24(13-19-26)31(37)39-27-16-8-22(9-17-27)21-28(30(35)36)33-29(34)23-10-14-25(15-11-23)32(2,3)4;1-19(31)26(30-27(32)21-8-12-23(13-9-21)29(2,3)4)18-20-6-14-25(15-7-20)35-28(33)22-10-16-24(34-5)17-11-22;/h8-19,28H,5-7,20-21H2,1-4H3,(H,33,34)(H,35,36);6-17,26H,18H2,1-5H3,(H,30,32);1H4/t28-;26-;/m00./s1. The molecule has 6 aromatic carbocycles. The van der Waals surface area contributed by atoms with Crippen LogP contribution in [-0.4, -0.2) is 66.4 Å². The fourth-order valence-electron chi connectivity index (χ4n) is 7.37. The van der Waals surface area contributed by atoms with E-state index in [0.29, 0.717) is 63.8 Å². The monoisotopic (exact) mass is 1020 g/mol. The van der Waals surface area contributed by atoms with Gasteiger partial charge in [0.25, 0.3) is 11.8 Å². The van der Waals surface area contributed by atoms with Crippen LogP contribution in [-0.2, 0) is 33.3 Å². The average Bonchev–Trinajstić information content (AvgIpc) is 3.38. The Hall–Kier alpha value is -8.06. The number of carboxylic acids is 1. The number of hydrogen-bond acceptors (Lipinski definition) is 10. The van der Waals surface area contributed by atoms with Crippen molar-refractivity contribution in [2.24, 2.45) is 0 Å². The molecule has 0 fully saturated rings. The summed E-state index contributed by atoms with van der Waals surface area (Å²) in [7, 11) is 1.56. The number of ketones is 1. The van der Waals surface area contributed by atoms with E-state index >= 15 is 0 Å². The van der Waals surface area contributed by atoms with Gasteiger partial charge in [0.2, 0.25) is 0 Å². The Morgan fingerprint density at radius 2 is 0.853 bits per heavy atom. The topological polar surface area (TPSA) is 184 Å². The van der Waals surface area contributed by atoms with Gasteiger partial charge in [-0.2, -0.15) is 0 Å². The van der Waals surface area contributed by atoms with E-state index in [2.05, 4.69) is 59.1 Å². The number of rotatable bonds is 20. The lowest BCUT2D eigenvalue weighted by Crippen LogP contribution is -2.42. The van der Waals surface area contributed by atoms with Gasteiger partial charge >= 0.3 is 17.9 Å². The Bertz CT molecular complexity index is 2810. The van der Waals surface area contributed by atoms with Gasteiger partial charge in [-0.1, -0.05) is 117 Å². The minimum atomic E-state index is -1.14. The fourth-order valence-corrected chi connectivity index (χ4v) is 7.37. The van der Waals surface area contributed by atoms with Crippen molar-refractivity contribution in [1.29, 1.82) is 0 Å². The number of ether oxygens (including phenoxy) is 4.